The average molecular weight is 496 g/mol. The summed E-state index contributed by atoms with van der Waals surface area (Å²) in [7, 11) is 0. The summed E-state index contributed by atoms with van der Waals surface area (Å²) in [4.78, 5) is 26.8. The van der Waals surface area contributed by atoms with Crippen molar-refractivity contribution in [2.24, 2.45) is 0 Å². The molecule has 5 rings (SSSR count). The number of anilines is 1. The first-order valence-corrected chi connectivity index (χ1v) is 12.9. The molecule has 0 radical (unpaired) electrons. The van der Waals surface area contributed by atoms with Crippen LogP contribution in [0, 0.1) is 6.92 Å². The molecule has 8 nitrogen and oxygen atoms in total. The third-order valence-electron chi connectivity index (χ3n) is 6.95. The Bertz CT molecular complexity index is 1320. The topological polar surface area (TPSA) is 91.2 Å². The van der Waals surface area contributed by atoms with E-state index in [1.165, 1.54) is 11.2 Å². The van der Waals surface area contributed by atoms with Crippen LogP contribution in [0.1, 0.15) is 66.6 Å². The number of pyridine rings is 1. The predicted molar refractivity (Wildman–Crippen MR) is 136 cm³/mol. The van der Waals surface area contributed by atoms with Crippen molar-refractivity contribution in [3.05, 3.63) is 53.2 Å². The molecule has 1 atom stereocenters. The van der Waals surface area contributed by atoms with Crippen LogP contribution in [0.2, 0.25) is 0 Å². The van der Waals surface area contributed by atoms with E-state index in [-0.39, 0.29) is 11.9 Å². The Morgan fingerprint density at radius 3 is 2.71 bits per heavy atom. The maximum Gasteiger partial charge on any atom is 0.253 e. The minimum absolute atomic E-state index is 0.205. The molecule has 1 aliphatic rings. The Balaban J connectivity index is 1.55. The summed E-state index contributed by atoms with van der Waals surface area (Å²) in [5.74, 6) is 0.415. The summed E-state index contributed by atoms with van der Waals surface area (Å²) in [5, 5.41) is 9.83. The van der Waals surface area contributed by atoms with Crippen molar-refractivity contribution >= 4 is 28.6 Å². The lowest BCUT2D eigenvalue weighted by atomic mass is 9.90. The number of aryl methyl sites for hydroxylation is 1. The number of carbonyl (C=O) groups excluding carboxylic acids is 1. The van der Waals surface area contributed by atoms with E-state index < -0.39 is 5.67 Å². The van der Waals surface area contributed by atoms with E-state index in [4.69, 9.17) is 4.98 Å². The Labute approximate surface area is 207 Å². The zero-order chi connectivity index (χ0) is 24.6. The molecule has 1 amide bonds. The highest BCUT2D eigenvalue weighted by Gasteiger charge is 2.34. The molecule has 184 valence electrons. The van der Waals surface area contributed by atoms with Crippen LogP contribution in [0.3, 0.4) is 0 Å². The van der Waals surface area contributed by atoms with Gasteiger partial charge in [-0.1, -0.05) is 13.8 Å². The Hall–Kier alpha value is -3.27. The molecule has 2 N–H and O–H groups in total. The molecule has 4 aromatic heterocycles. The zero-order valence-corrected chi connectivity index (χ0v) is 21.0. The monoisotopic (exact) mass is 495 g/mol. The molecular weight excluding hydrogens is 465 g/mol. The molecule has 0 saturated carbocycles. The fraction of sp³-hybridized carbons (Fsp3) is 0.440. The van der Waals surface area contributed by atoms with Crippen molar-refractivity contribution in [3.63, 3.8) is 0 Å². The lowest BCUT2D eigenvalue weighted by molar-refractivity contribution is 0.0933. The minimum atomic E-state index is -1.12. The van der Waals surface area contributed by atoms with E-state index in [1.54, 1.807) is 11.3 Å². The van der Waals surface area contributed by atoms with Crippen LogP contribution in [0.5, 0.6) is 0 Å². The molecule has 1 fully saturated rings. The van der Waals surface area contributed by atoms with Gasteiger partial charge in [-0.2, -0.15) is 5.10 Å². The molecule has 0 spiro atoms. The molecule has 1 saturated heterocycles. The van der Waals surface area contributed by atoms with Crippen molar-refractivity contribution in [2.75, 3.05) is 18.0 Å². The lowest BCUT2D eigenvalue weighted by Gasteiger charge is -2.37. The second-order valence-corrected chi connectivity index (χ2v) is 10.4. The molecule has 0 bridgehead atoms. The minimum Gasteiger partial charge on any atom is -0.368 e. The maximum absolute atomic E-state index is 14.9. The van der Waals surface area contributed by atoms with Crippen LogP contribution in [0.25, 0.3) is 16.2 Å². The number of hydrogen-bond acceptors (Lipinski definition) is 6. The number of imidazole rings is 1. The van der Waals surface area contributed by atoms with E-state index in [2.05, 4.69) is 44.5 Å². The highest BCUT2D eigenvalue weighted by atomic mass is 32.1. The van der Waals surface area contributed by atoms with Gasteiger partial charge in [-0.15, -0.1) is 11.3 Å². The van der Waals surface area contributed by atoms with Gasteiger partial charge in [0.1, 0.15) is 17.8 Å². The van der Waals surface area contributed by atoms with Crippen LogP contribution < -0.4 is 10.2 Å². The molecule has 0 aromatic carbocycles. The molecule has 10 heteroatoms. The smallest absolute Gasteiger partial charge is 0.253 e. The third kappa shape index (κ3) is 4.54. The molecule has 1 unspecified atom stereocenters. The summed E-state index contributed by atoms with van der Waals surface area (Å²) >= 11 is 1.69. The Kier molecular flexibility index (Phi) is 6.31. The third-order valence-corrected chi connectivity index (χ3v) is 7.98. The number of fused-ring (bicyclic) bond motifs is 1. The van der Waals surface area contributed by atoms with Gasteiger partial charge in [0.05, 0.1) is 34.1 Å². The summed E-state index contributed by atoms with van der Waals surface area (Å²) in [6, 6.07) is 5.76. The van der Waals surface area contributed by atoms with Gasteiger partial charge in [-0.05, 0) is 50.8 Å². The fourth-order valence-electron chi connectivity index (χ4n) is 4.67. The number of thiophene rings is 1. The van der Waals surface area contributed by atoms with E-state index in [9.17, 15) is 9.18 Å². The van der Waals surface area contributed by atoms with Gasteiger partial charge in [0.2, 0.25) is 0 Å². The van der Waals surface area contributed by atoms with Gasteiger partial charge in [0.25, 0.3) is 5.91 Å². The van der Waals surface area contributed by atoms with E-state index in [1.807, 2.05) is 36.7 Å². The Morgan fingerprint density at radius 2 is 2.09 bits per heavy atom. The quantitative estimate of drug-likeness (QED) is 0.373. The first-order chi connectivity index (χ1) is 16.9. The second kappa shape index (κ2) is 9.41. The molecule has 4 aromatic rings. The summed E-state index contributed by atoms with van der Waals surface area (Å²) in [6.45, 7) is 7.13. The van der Waals surface area contributed by atoms with Crippen LogP contribution in [-0.2, 0) is 0 Å². The number of piperidine rings is 1. The van der Waals surface area contributed by atoms with E-state index >= 15 is 0 Å². The van der Waals surface area contributed by atoms with Gasteiger partial charge in [0.15, 0.2) is 5.65 Å². The first kappa shape index (κ1) is 23.5. The van der Waals surface area contributed by atoms with Crippen molar-refractivity contribution in [1.82, 2.24) is 29.9 Å². The number of nitrogens with zero attached hydrogens (tertiary/aromatic N) is 5. The standard InChI is InChI=1S/C25H30FN7OS/c1-4-18(22-28-15-29-31-22)30-24(34)17-12-19(32-10-8-25(26,5-2)9-11-32)23-27-13-20(33(23)14-17)21-7-6-16(3)35-21/h6-7,12-15,18H,4-5,8-11H2,1-3H3,(H,30,34)(H,28,29,31). The van der Waals surface area contributed by atoms with Gasteiger partial charge >= 0.3 is 0 Å². The predicted octanol–water partition coefficient (Wildman–Crippen LogP) is 5.09. The van der Waals surface area contributed by atoms with Crippen molar-refractivity contribution in [1.29, 1.82) is 0 Å². The Morgan fingerprint density at radius 1 is 1.29 bits per heavy atom. The van der Waals surface area contributed by atoms with Gasteiger partial charge in [0, 0.05) is 24.2 Å². The van der Waals surface area contributed by atoms with Gasteiger partial charge in [-0.25, -0.2) is 14.4 Å². The maximum atomic E-state index is 14.9. The van der Waals surface area contributed by atoms with E-state index in [0.29, 0.717) is 50.2 Å². The van der Waals surface area contributed by atoms with Crippen molar-refractivity contribution in [2.45, 2.75) is 58.2 Å². The van der Waals surface area contributed by atoms with Gasteiger partial charge < -0.3 is 10.2 Å². The second-order valence-electron chi connectivity index (χ2n) is 9.16. The first-order valence-electron chi connectivity index (χ1n) is 12.1. The number of aromatic nitrogens is 5. The van der Waals surface area contributed by atoms with Gasteiger partial charge in [-0.3, -0.25) is 14.3 Å². The van der Waals surface area contributed by atoms with E-state index in [0.717, 1.165) is 21.9 Å². The number of amides is 1. The summed E-state index contributed by atoms with van der Waals surface area (Å²) in [5.41, 5.74) is 1.95. The van der Waals surface area contributed by atoms with Crippen LogP contribution in [0.15, 0.2) is 36.9 Å². The van der Waals surface area contributed by atoms with Crippen LogP contribution in [0.4, 0.5) is 10.1 Å². The zero-order valence-electron chi connectivity index (χ0n) is 20.2. The number of aromatic amines is 1. The highest BCUT2D eigenvalue weighted by molar-refractivity contribution is 7.15. The summed E-state index contributed by atoms with van der Waals surface area (Å²) < 4.78 is 16.9. The highest BCUT2D eigenvalue weighted by Crippen LogP contribution is 2.36. The fourth-order valence-corrected chi connectivity index (χ4v) is 5.55. The van der Waals surface area contributed by atoms with Crippen LogP contribution in [-0.4, -0.2) is 49.2 Å². The largest absolute Gasteiger partial charge is 0.368 e. The number of rotatable bonds is 7. The number of alkyl halides is 1. The normalized spacial score (nSPS) is 16.5. The van der Waals surface area contributed by atoms with Crippen molar-refractivity contribution in [3.8, 4) is 10.6 Å². The number of H-pyrrole nitrogens is 1. The number of halogens is 1. The molecule has 5 heterocycles. The number of nitrogens with one attached hydrogen (secondary N) is 2. The molecule has 35 heavy (non-hydrogen) atoms. The van der Waals surface area contributed by atoms with Crippen molar-refractivity contribution < 1.29 is 9.18 Å². The molecular formula is C25H30FN7OS. The molecule has 0 aliphatic carbocycles. The van der Waals surface area contributed by atoms with Crippen LogP contribution >= 0.6 is 11.3 Å². The molecule has 1 aliphatic heterocycles. The lowest BCUT2D eigenvalue weighted by Crippen LogP contribution is -2.41. The SMILES string of the molecule is CCC(NC(=O)c1cc(N2CCC(F)(CC)CC2)c2ncc(-c3ccc(C)s3)n2c1)c1ncn[nH]1. The average Bonchev–Trinajstić information content (AvgIpc) is 3.63. The number of carbonyl (C=O) groups is 1. The number of hydrogen-bond donors (Lipinski definition) is 2. The summed E-state index contributed by atoms with van der Waals surface area (Å²) in [6.07, 6.45) is 7.25.